The lowest BCUT2D eigenvalue weighted by Crippen LogP contribution is -2.33. The number of aryl methyl sites for hydroxylation is 3. The van der Waals surface area contributed by atoms with Crippen LogP contribution in [0, 0.1) is 25.7 Å². The first-order valence-electron chi connectivity index (χ1n) is 27.0. The first-order valence-corrected chi connectivity index (χ1v) is 27.0. The fourth-order valence-corrected chi connectivity index (χ4v) is 12.0. The van der Waals surface area contributed by atoms with Crippen molar-refractivity contribution in [1.82, 2.24) is 39.5 Å². The number of carbonyl (C=O) groups excluding carboxylic acids is 2. The normalized spacial score (nSPS) is 19.7. The number of nitrogens with one attached hydrogen (secondary N) is 2. The molecule has 0 saturated heterocycles. The van der Waals surface area contributed by atoms with Crippen molar-refractivity contribution in [3.63, 3.8) is 0 Å². The molecule has 6 aromatic rings. The maximum atomic E-state index is 14.0. The van der Waals surface area contributed by atoms with Crippen LogP contribution in [0.4, 0.5) is 11.6 Å². The number of nitrogens with zero attached hydrogens (tertiary/aromatic N) is 8. The fourth-order valence-electron chi connectivity index (χ4n) is 12.0. The molecular weight excluding hydrogens is 933 g/mol. The summed E-state index contributed by atoms with van der Waals surface area (Å²) >= 11 is 0. The summed E-state index contributed by atoms with van der Waals surface area (Å²) in [6.07, 6.45) is 19.0. The van der Waals surface area contributed by atoms with Gasteiger partial charge in [0.05, 0.1) is 36.5 Å². The van der Waals surface area contributed by atoms with Gasteiger partial charge < -0.3 is 30.3 Å². The molecule has 0 spiro atoms. The number of anilines is 2. The van der Waals surface area contributed by atoms with Crippen LogP contribution in [-0.2, 0) is 6.42 Å². The average molecular weight is 1010 g/mol. The van der Waals surface area contributed by atoms with Gasteiger partial charge >= 0.3 is 0 Å². The van der Waals surface area contributed by atoms with Crippen LogP contribution < -0.4 is 20.1 Å². The Morgan fingerprint density at radius 2 is 1.18 bits per heavy atom. The molecule has 4 unspecified atom stereocenters. The Morgan fingerprint density at radius 3 is 1.76 bits per heavy atom. The molecule has 390 valence electrons. The van der Waals surface area contributed by atoms with E-state index >= 15 is 0 Å². The van der Waals surface area contributed by atoms with Gasteiger partial charge in [-0.1, -0.05) is 44.2 Å². The van der Waals surface area contributed by atoms with Gasteiger partial charge in [-0.05, 0) is 193 Å². The van der Waals surface area contributed by atoms with Crippen LogP contribution in [0.1, 0.15) is 179 Å². The number of rotatable bonds is 19. The maximum Gasteiger partial charge on any atom is 0.296 e. The summed E-state index contributed by atoms with van der Waals surface area (Å²) in [5.41, 5.74) is 3.87. The largest absolute Gasteiger partial charge is 0.494 e. The van der Waals surface area contributed by atoms with Crippen molar-refractivity contribution in [2.45, 2.75) is 167 Å². The smallest absolute Gasteiger partial charge is 0.296 e. The van der Waals surface area contributed by atoms with Crippen molar-refractivity contribution >= 4 is 23.5 Å². The number of fused-ring (bicyclic) bond motifs is 2. The lowest BCUT2D eigenvalue weighted by molar-refractivity contribution is 0.0129. The predicted molar refractivity (Wildman–Crippen MR) is 283 cm³/mol. The number of aliphatic hydroxyl groups is 2. The predicted octanol–water partition coefficient (Wildman–Crippen LogP) is 10.9. The molecule has 4 atom stereocenters. The van der Waals surface area contributed by atoms with Crippen LogP contribution in [-0.4, -0.2) is 85.9 Å². The molecule has 2 aromatic carbocycles. The van der Waals surface area contributed by atoms with E-state index in [9.17, 15) is 19.8 Å². The van der Waals surface area contributed by atoms with Gasteiger partial charge in [0.1, 0.15) is 34.8 Å². The van der Waals surface area contributed by atoms with Gasteiger partial charge in [0.2, 0.25) is 11.6 Å². The van der Waals surface area contributed by atoms with Gasteiger partial charge in [-0.3, -0.25) is 9.59 Å². The molecule has 2 saturated carbocycles. The van der Waals surface area contributed by atoms with E-state index in [1.54, 1.807) is 26.2 Å². The first-order chi connectivity index (χ1) is 35.7. The fraction of sp³-hybridized carbons (Fsp3) is 0.517. The lowest BCUT2D eigenvalue weighted by Gasteiger charge is -2.31. The van der Waals surface area contributed by atoms with E-state index in [4.69, 9.17) is 19.6 Å². The molecule has 10 rings (SSSR count). The monoisotopic (exact) mass is 1000 g/mol. The van der Waals surface area contributed by atoms with Gasteiger partial charge in [0.25, 0.3) is 11.8 Å². The van der Waals surface area contributed by atoms with Gasteiger partial charge in [0.15, 0.2) is 0 Å². The highest BCUT2D eigenvalue weighted by Gasteiger charge is 2.47. The summed E-state index contributed by atoms with van der Waals surface area (Å²) < 4.78 is 16.3. The third kappa shape index (κ3) is 11.6. The Labute approximate surface area is 434 Å². The molecule has 74 heavy (non-hydrogen) atoms. The Balaban J connectivity index is 0.774. The summed E-state index contributed by atoms with van der Waals surface area (Å²) in [6, 6.07) is 19.8. The molecule has 4 aromatic heterocycles. The second kappa shape index (κ2) is 21.7. The van der Waals surface area contributed by atoms with E-state index in [-0.39, 0.29) is 29.5 Å². The number of amides is 2. The second-order valence-corrected chi connectivity index (χ2v) is 22.2. The molecule has 4 N–H and O–H groups in total. The molecule has 2 aliphatic heterocycles. The van der Waals surface area contributed by atoms with Gasteiger partial charge in [0, 0.05) is 24.7 Å². The van der Waals surface area contributed by atoms with Crippen LogP contribution in [0.25, 0.3) is 22.3 Å². The second-order valence-electron chi connectivity index (χ2n) is 22.2. The zero-order chi connectivity index (χ0) is 51.6. The number of hydrogen-bond acceptors (Lipinski definition) is 12. The van der Waals surface area contributed by atoms with Gasteiger partial charge in [-0.2, -0.15) is 0 Å². The average Bonchev–Trinajstić information content (AvgIpc) is 4.25. The Hall–Kier alpha value is -6.52. The number of pyridine rings is 2. The highest BCUT2D eigenvalue weighted by Crippen LogP contribution is 2.49. The molecule has 16 heteroatoms. The van der Waals surface area contributed by atoms with Crippen molar-refractivity contribution in [1.29, 1.82) is 0 Å². The molecular formula is C58H72N10O6. The van der Waals surface area contributed by atoms with E-state index < -0.39 is 17.1 Å². The van der Waals surface area contributed by atoms with E-state index in [1.165, 1.54) is 32.1 Å². The number of aromatic nitrogens is 8. The summed E-state index contributed by atoms with van der Waals surface area (Å²) in [6.45, 7) is 10.4. The topological polar surface area (TPSA) is 204 Å². The Bertz CT molecular complexity index is 2960. The van der Waals surface area contributed by atoms with E-state index in [2.05, 4.69) is 30.7 Å². The van der Waals surface area contributed by atoms with E-state index in [1.807, 2.05) is 90.8 Å². The van der Waals surface area contributed by atoms with Gasteiger partial charge in [-0.25, -0.2) is 29.3 Å². The standard InChI is InChI=1S/C58H72N10O6/c1-36-17-19-42(73-29-11-25-57(3,4)71)33-44(36)41-24-28-60-50(32-41)62-56(70)53-64-54-46(35-48(68(54)66-53)39-13-7-6-8-14-39)58(5,72)26-12-30-74-43-20-18-37(2)45(34-43)40-23-27-59-49(31-40)61-55(69)52-63-51-22-21-47(67(51)65-52)38-15-9-10-16-38/h17-20,23-24,27-28,31-34,38-39,46-48,71-72H,6-16,21-22,25-26,29-30,35H2,1-5H3,(H,59,61,69)(H,60,62,70). The summed E-state index contributed by atoms with van der Waals surface area (Å²) in [7, 11) is 0. The van der Waals surface area contributed by atoms with Crippen LogP contribution in [0.15, 0.2) is 73.1 Å². The zero-order valence-electron chi connectivity index (χ0n) is 43.6. The first kappa shape index (κ1) is 51.0. The van der Waals surface area contributed by atoms with Crippen molar-refractivity contribution in [3.05, 3.63) is 107 Å². The van der Waals surface area contributed by atoms with Crippen LogP contribution in [0.3, 0.4) is 0 Å². The van der Waals surface area contributed by atoms with Gasteiger partial charge in [-0.15, -0.1) is 10.2 Å². The third-order valence-electron chi connectivity index (χ3n) is 16.1. The molecule has 4 aliphatic rings. The van der Waals surface area contributed by atoms with E-state index in [0.717, 1.165) is 89.9 Å². The van der Waals surface area contributed by atoms with Crippen LogP contribution >= 0.6 is 0 Å². The third-order valence-corrected chi connectivity index (χ3v) is 16.1. The van der Waals surface area contributed by atoms with Crippen molar-refractivity contribution in [3.8, 4) is 33.8 Å². The molecule has 0 bridgehead atoms. The molecule has 2 fully saturated rings. The Morgan fingerprint density at radius 1 is 0.649 bits per heavy atom. The van der Waals surface area contributed by atoms with Crippen molar-refractivity contribution in [2.75, 3.05) is 23.8 Å². The Kier molecular flexibility index (Phi) is 15.0. The van der Waals surface area contributed by atoms with Crippen LogP contribution in [0.5, 0.6) is 11.5 Å². The zero-order valence-corrected chi connectivity index (χ0v) is 43.6. The SMILES string of the molecule is Cc1ccc(OCCCC(C)(C)O)cc1-c1ccnc(NC(=O)c2nc3n(n2)C(C2CCCCC2)CC3C(C)(O)CCCOc2ccc(C)c(-c3ccnc(NC(=O)c4nc5n(n4)C(C4CCCC4)CC5)c3)c2)c1. The summed E-state index contributed by atoms with van der Waals surface area (Å²) in [5, 5.41) is 37.8. The molecule has 16 nitrogen and oxygen atoms in total. The molecule has 0 radical (unpaired) electrons. The summed E-state index contributed by atoms with van der Waals surface area (Å²) in [5.74, 6) is 3.83. The number of benzene rings is 2. The minimum Gasteiger partial charge on any atom is -0.494 e. The van der Waals surface area contributed by atoms with Crippen molar-refractivity contribution < 1.29 is 29.3 Å². The lowest BCUT2D eigenvalue weighted by atomic mass is 9.78. The number of hydrogen-bond donors (Lipinski definition) is 4. The van der Waals surface area contributed by atoms with E-state index in [0.29, 0.717) is 80.0 Å². The molecule has 2 amide bonds. The molecule has 2 aliphatic carbocycles. The van der Waals surface area contributed by atoms with Crippen molar-refractivity contribution in [2.24, 2.45) is 11.8 Å². The molecule has 6 heterocycles. The minimum absolute atomic E-state index is 0.0336. The van der Waals surface area contributed by atoms with Crippen LogP contribution in [0.2, 0.25) is 0 Å². The maximum absolute atomic E-state index is 14.0. The number of ether oxygens (including phenoxy) is 2. The minimum atomic E-state index is -1.15. The highest BCUT2D eigenvalue weighted by molar-refractivity contribution is 6.02. The quantitative estimate of drug-likeness (QED) is 0.0560. The summed E-state index contributed by atoms with van der Waals surface area (Å²) in [4.78, 5) is 45.8. The number of carbonyl (C=O) groups is 2. The highest BCUT2D eigenvalue weighted by atomic mass is 16.5.